The van der Waals surface area contributed by atoms with E-state index in [0.29, 0.717) is 24.5 Å². The van der Waals surface area contributed by atoms with Gasteiger partial charge in [0, 0.05) is 30.3 Å². The van der Waals surface area contributed by atoms with Crippen LogP contribution in [0.5, 0.6) is 0 Å². The van der Waals surface area contributed by atoms with Crippen LogP contribution in [0.3, 0.4) is 0 Å². The Morgan fingerprint density at radius 1 is 1.04 bits per heavy atom. The molecule has 8 heteroatoms. The van der Waals surface area contributed by atoms with E-state index in [2.05, 4.69) is 5.32 Å². The molecule has 2 aromatic rings. The SMILES string of the molecule is O=C(NC1CC2CC1CN2S(=O)(=O)c1cc(F)cc(F)c1)c1ccccc1. The summed E-state index contributed by atoms with van der Waals surface area (Å²) in [7, 11) is -3.98. The van der Waals surface area contributed by atoms with Crippen molar-refractivity contribution in [1.29, 1.82) is 0 Å². The van der Waals surface area contributed by atoms with Gasteiger partial charge in [-0.2, -0.15) is 4.31 Å². The molecule has 1 heterocycles. The molecule has 0 spiro atoms. The van der Waals surface area contributed by atoms with E-state index in [0.717, 1.165) is 12.1 Å². The van der Waals surface area contributed by atoms with Gasteiger partial charge >= 0.3 is 0 Å². The van der Waals surface area contributed by atoms with Crippen molar-refractivity contribution >= 4 is 15.9 Å². The van der Waals surface area contributed by atoms with E-state index in [1.807, 2.05) is 6.07 Å². The average Bonchev–Trinajstić information content (AvgIpc) is 3.22. The number of piperidine rings is 1. The molecule has 4 rings (SSSR count). The molecule has 2 aromatic carbocycles. The number of hydrogen-bond donors (Lipinski definition) is 1. The molecule has 2 aliphatic rings. The first-order chi connectivity index (χ1) is 12.8. The van der Waals surface area contributed by atoms with Crippen molar-refractivity contribution in [3.05, 3.63) is 65.7 Å². The Balaban J connectivity index is 1.48. The molecule has 1 saturated carbocycles. The number of hydrogen-bond acceptors (Lipinski definition) is 3. The Bertz CT molecular complexity index is 961. The number of nitrogens with one attached hydrogen (secondary N) is 1. The maximum absolute atomic E-state index is 13.4. The summed E-state index contributed by atoms with van der Waals surface area (Å²) in [6, 6.07) is 10.7. The van der Waals surface area contributed by atoms with Crippen molar-refractivity contribution in [3.8, 4) is 0 Å². The molecule has 5 nitrogen and oxygen atoms in total. The maximum atomic E-state index is 13.4. The molecule has 142 valence electrons. The molecule has 1 saturated heterocycles. The highest BCUT2D eigenvalue weighted by Crippen LogP contribution is 2.41. The standard InChI is InChI=1S/C19H18F2N2O3S/c20-14-7-15(21)9-17(8-14)27(25,26)23-11-13-6-16(23)10-18(13)22-19(24)12-4-2-1-3-5-12/h1-5,7-9,13,16,18H,6,10-11H2,(H,22,24). The van der Waals surface area contributed by atoms with Gasteiger partial charge in [-0.1, -0.05) is 18.2 Å². The summed E-state index contributed by atoms with van der Waals surface area (Å²) in [5.74, 6) is -2.05. The molecule has 1 aliphatic heterocycles. The van der Waals surface area contributed by atoms with E-state index >= 15 is 0 Å². The molecule has 27 heavy (non-hydrogen) atoms. The van der Waals surface area contributed by atoms with Gasteiger partial charge in [0.1, 0.15) is 11.6 Å². The third kappa shape index (κ3) is 3.35. The molecule has 1 aliphatic carbocycles. The summed E-state index contributed by atoms with van der Waals surface area (Å²) < 4.78 is 53.7. The summed E-state index contributed by atoms with van der Waals surface area (Å²) in [5, 5.41) is 2.98. The second kappa shape index (κ2) is 6.69. The first-order valence-electron chi connectivity index (χ1n) is 8.68. The second-order valence-corrected chi connectivity index (χ2v) is 8.90. The average molecular weight is 392 g/mol. The topological polar surface area (TPSA) is 66.5 Å². The Labute approximate surface area is 156 Å². The summed E-state index contributed by atoms with van der Waals surface area (Å²) in [6.07, 6.45) is 1.11. The molecular weight excluding hydrogens is 374 g/mol. The van der Waals surface area contributed by atoms with Crippen LogP contribution in [0, 0.1) is 17.6 Å². The molecule has 1 amide bonds. The third-order valence-corrected chi connectivity index (χ3v) is 7.18. The summed E-state index contributed by atoms with van der Waals surface area (Å²) in [5.41, 5.74) is 0.556. The van der Waals surface area contributed by atoms with E-state index in [1.54, 1.807) is 24.3 Å². The van der Waals surface area contributed by atoms with Gasteiger partial charge in [-0.25, -0.2) is 17.2 Å². The fourth-order valence-corrected chi connectivity index (χ4v) is 5.78. The lowest BCUT2D eigenvalue weighted by Crippen LogP contribution is -2.47. The number of fused-ring (bicyclic) bond motifs is 2. The third-order valence-electron chi connectivity index (χ3n) is 5.29. The van der Waals surface area contributed by atoms with Gasteiger partial charge in [-0.15, -0.1) is 0 Å². The first-order valence-corrected chi connectivity index (χ1v) is 10.1. The number of benzene rings is 2. The van der Waals surface area contributed by atoms with E-state index in [9.17, 15) is 22.0 Å². The van der Waals surface area contributed by atoms with Crippen LogP contribution in [0.1, 0.15) is 23.2 Å². The molecular formula is C19H18F2N2O3S. The minimum absolute atomic E-state index is 0.0177. The van der Waals surface area contributed by atoms with Gasteiger partial charge in [0.05, 0.1) is 4.90 Å². The molecule has 2 fully saturated rings. The molecule has 1 N–H and O–H groups in total. The number of rotatable bonds is 4. The summed E-state index contributed by atoms with van der Waals surface area (Å²) >= 11 is 0. The lowest BCUT2D eigenvalue weighted by Gasteiger charge is -2.31. The monoisotopic (exact) mass is 392 g/mol. The van der Waals surface area contributed by atoms with Crippen LogP contribution >= 0.6 is 0 Å². The lowest BCUT2D eigenvalue weighted by molar-refractivity contribution is 0.0919. The highest BCUT2D eigenvalue weighted by atomic mass is 32.2. The van der Waals surface area contributed by atoms with Gasteiger partial charge in [-0.05, 0) is 43.0 Å². The van der Waals surface area contributed by atoms with E-state index in [4.69, 9.17) is 0 Å². The maximum Gasteiger partial charge on any atom is 0.251 e. The number of amides is 1. The highest BCUT2D eigenvalue weighted by molar-refractivity contribution is 7.89. The van der Waals surface area contributed by atoms with Crippen molar-refractivity contribution in [3.63, 3.8) is 0 Å². The van der Waals surface area contributed by atoms with E-state index < -0.39 is 21.7 Å². The normalized spacial score (nSPS) is 24.9. The lowest BCUT2D eigenvalue weighted by atomic mass is 10.0. The Hall–Kier alpha value is -2.32. The zero-order chi connectivity index (χ0) is 19.2. The van der Waals surface area contributed by atoms with Gasteiger partial charge in [0.2, 0.25) is 10.0 Å². The van der Waals surface area contributed by atoms with Crippen molar-refractivity contribution < 1.29 is 22.0 Å². The van der Waals surface area contributed by atoms with Crippen molar-refractivity contribution in [2.45, 2.75) is 29.8 Å². The number of halogens is 2. The van der Waals surface area contributed by atoms with Crippen LogP contribution in [-0.2, 0) is 10.0 Å². The van der Waals surface area contributed by atoms with Crippen molar-refractivity contribution in [2.24, 2.45) is 5.92 Å². The molecule has 0 radical (unpaired) electrons. The summed E-state index contributed by atoms with van der Waals surface area (Å²) in [4.78, 5) is 11.9. The van der Waals surface area contributed by atoms with Crippen molar-refractivity contribution in [1.82, 2.24) is 9.62 Å². The van der Waals surface area contributed by atoms with Crippen LogP contribution < -0.4 is 5.32 Å². The molecule has 3 atom stereocenters. The minimum atomic E-state index is -3.98. The Morgan fingerprint density at radius 2 is 1.70 bits per heavy atom. The van der Waals surface area contributed by atoms with E-state index in [1.165, 1.54) is 4.31 Å². The summed E-state index contributed by atoms with van der Waals surface area (Å²) in [6.45, 7) is 0.227. The van der Waals surface area contributed by atoms with Crippen LogP contribution in [0.4, 0.5) is 8.78 Å². The Kier molecular flexibility index (Phi) is 4.47. The fraction of sp³-hybridized carbons (Fsp3) is 0.316. The predicted molar refractivity (Wildman–Crippen MR) is 94.5 cm³/mol. The van der Waals surface area contributed by atoms with Gasteiger partial charge < -0.3 is 5.32 Å². The van der Waals surface area contributed by atoms with Gasteiger partial charge in [-0.3, -0.25) is 4.79 Å². The van der Waals surface area contributed by atoms with E-state index in [-0.39, 0.29) is 35.3 Å². The first kappa shape index (κ1) is 18.1. The Morgan fingerprint density at radius 3 is 2.30 bits per heavy atom. The molecule has 0 aromatic heterocycles. The van der Waals surface area contributed by atoms with Gasteiger partial charge in [0.15, 0.2) is 0 Å². The number of carbonyl (C=O) groups is 1. The zero-order valence-corrected chi connectivity index (χ0v) is 15.1. The highest BCUT2D eigenvalue weighted by Gasteiger charge is 2.49. The second-order valence-electron chi connectivity index (χ2n) is 7.01. The quantitative estimate of drug-likeness (QED) is 0.870. The minimum Gasteiger partial charge on any atom is -0.349 e. The van der Waals surface area contributed by atoms with Crippen LogP contribution in [0.25, 0.3) is 0 Å². The van der Waals surface area contributed by atoms with Crippen LogP contribution in [-0.4, -0.2) is 37.3 Å². The number of carbonyl (C=O) groups excluding carboxylic acids is 1. The fourth-order valence-electron chi connectivity index (χ4n) is 4.04. The van der Waals surface area contributed by atoms with Crippen LogP contribution in [0.15, 0.2) is 53.4 Å². The van der Waals surface area contributed by atoms with Gasteiger partial charge in [0.25, 0.3) is 5.91 Å². The predicted octanol–water partition coefficient (Wildman–Crippen LogP) is 2.55. The molecule has 2 bridgehead atoms. The largest absolute Gasteiger partial charge is 0.349 e. The number of sulfonamides is 1. The number of nitrogens with zero attached hydrogens (tertiary/aromatic N) is 1. The van der Waals surface area contributed by atoms with Crippen molar-refractivity contribution in [2.75, 3.05) is 6.54 Å². The van der Waals surface area contributed by atoms with Crippen LogP contribution in [0.2, 0.25) is 0 Å². The zero-order valence-electron chi connectivity index (χ0n) is 14.3. The molecule has 3 unspecified atom stereocenters. The smallest absolute Gasteiger partial charge is 0.251 e.